The average molecular weight is 401 g/mol. The van der Waals surface area contributed by atoms with E-state index in [0.29, 0.717) is 29.8 Å². The van der Waals surface area contributed by atoms with Crippen molar-refractivity contribution in [2.24, 2.45) is 0 Å². The Bertz CT molecular complexity index is 647. The highest BCUT2D eigenvalue weighted by atomic mass is 79.9. The fraction of sp³-hybridized carbons (Fsp3) is 0.600. The molecule has 24 heavy (non-hydrogen) atoms. The van der Waals surface area contributed by atoms with E-state index in [0.717, 1.165) is 0 Å². The van der Waals surface area contributed by atoms with Crippen molar-refractivity contribution in [3.8, 4) is 0 Å². The number of carbonyl (C=O) groups is 1. The molecular weight excluding hydrogens is 380 g/mol. The first-order chi connectivity index (χ1) is 11.1. The molecule has 2 rings (SSSR count). The highest BCUT2D eigenvalue weighted by molar-refractivity contribution is 9.10. The molecule has 0 saturated carbocycles. The van der Waals surface area contributed by atoms with Crippen LogP contribution < -0.4 is 4.90 Å². The Morgan fingerprint density at radius 1 is 1.42 bits per heavy atom. The fourth-order valence-corrected chi connectivity index (χ4v) is 3.19. The van der Waals surface area contributed by atoms with Crippen LogP contribution in [0.4, 0.5) is 16.2 Å². The average Bonchev–Trinajstić information content (AvgIpc) is 2.44. The molecule has 9 heteroatoms. The van der Waals surface area contributed by atoms with Gasteiger partial charge in [-0.3, -0.25) is 15.1 Å². The van der Waals surface area contributed by atoms with Gasteiger partial charge >= 0.3 is 11.8 Å². The first-order valence-electron chi connectivity index (χ1n) is 7.62. The summed E-state index contributed by atoms with van der Waals surface area (Å²) in [6.07, 6.45) is 2.41. The Morgan fingerprint density at radius 3 is 2.62 bits per heavy atom. The summed E-state index contributed by atoms with van der Waals surface area (Å²) in [6.45, 7) is 8.75. The van der Waals surface area contributed by atoms with E-state index in [1.54, 1.807) is 4.90 Å². The molecule has 1 aliphatic heterocycles. The second-order valence-electron chi connectivity index (χ2n) is 6.71. The molecule has 0 radical (unpaired) electrons. The van der Waals surface area contributed by atoms with E-state index < -0.39 is 10.5 Å². The number of nitro groups is 1. The first kappa shape index (κ1) is 18.4. The molecule has 0 unspecified atom stereocenters. The van der Waals surface area contributed by atoms with Gasteiger partial charge in [0.05, 0.1) is 9.40 Å². The monoisotopic (exact) mass is 400 g/mol. The zero-order valence-electron chi connectivity index (χ0n) is 14.2. The van der Waals surface area contributed by atoms with Crippen molar-refractivity contribution in [2.75, 3.05) is 24.5 Å². The van der Waals surface area contributed by atoms with Crippen LogP contribution in [0.25, 0.3) is 0 Å². The molecule has 2 heterocycles. The molecule has 0 aliphatic carbocycles. The second-order valence-corrected chi connectivity index (χ2v) is 7.57. The highest BCUT2D eigenvalue weighted by Crippen LogP contribution is 2.35. The van der Waals surface area contributed by atoms with Crippen molar-refractivity contribution in [2.45, 2.75) is 39.3 Å². The molecule has 0 aromatic carbocycles. The van der Waals surface area contributed by atoms with Crippen LogP contribution in [0.3, 0.4) is 0 Å². The minimum atomic E-state index is -0.555. The van der Waals surface area contributed by atoms with Gasteiger partial charge in [-0.15, -0.1) is 0 Å². The lowest BCUT2D eigenvalue weighted by Gasteiger charge is -2.41. The van der Waals surface area contributed by atoms with Gasteiger partial charge in [0.1, 0.15) is 17.5 Å². The van der Waals surface area contributed by atoms with E-state index in [4.69, 9.17) is 4.74 Å². The second kappa shape index (κ2) is 6.92. The van der Waals surface area contributed by atoms with Crippen molar-refractivity contribution in [3.05, 3.63) is 27.0 Å². The summed E-state index contributed by atoms with van der Waals surface area (Å²) < 4.78 is 5.98. The van der Waals surface area contributed by atoms with E-state index in [9.17, 15) is 14.9 Å². The smallest absolute Gasteiger partial charge is 0.410 e. The fourth-order valence-electron chi connectivity index (χ4n) is 2.62. The molecule has 1 saturated heterocycles. The number of carbonyl (C=O) groups excluding carboxylic acids is 1. The SMILES string of the molecule is C[C@@H]1CN(c2c(Br)cncc2[N+](=O)[O-])CCN1C(=O)OC(C)(C)C. The lowest BCUT2D eigenvalue weighted by Crippen LogP contribution is -2.55. The van der Waals surface area contributed by atoms with Crippen LogP contribution in [0, 0.1) is 10.1 Å². The van der Waals surface area contributed by atoms with Gasteiger partial charge in [-0.1, -0.05) is 0 Å². The van der Waals surface area contributed by atoms with Gasteiger partial charge in [-0.05, 0) is 43.6 Å². The number of pyridine rings is 1. The predicted octanol–water partition coefficient (Wildman–Crippen LogP) is 3.20. The summed E-state index contributed by atoms with van der Waals surface area (Å²) in [7, 11) is 0. The number of nitrogens with zero attached hydrogens (tertiary/aromatic N) is 4. The number of ether oxygens (including phenoxy) is 1. The largest absolute Gasteiger partial charge is 0.444 e. The van der Waals surface area contributed by atoms with E-state index in [2.05, 4.69) is 20.9 Å². The predicted molar refractivity (Wildman–Crippen MR) is 93.2 cm³/mol. The number of halogens is 1. The minimum Gasteiger partial charge on any atom is -0.444 e. The van der Waals surface area contributed by atoms with E-state index >= 15 is 0 Å². The quantitative estimate of drug-likeness (QED) is 0.559. The van der Waals surface area contributed by atoms with Crippen LogP contribution >= 0.6 is 15.9 Å². The van der Waals surface area contributed by atoms with Crippen molar-refractivity contribution in [1.82, 2.24) is 9.88 Å². The molecule has 132 valence electrons. The third kappa shape index (κ3) is 4.14. The molecular formula is C15H21BrN4O4. The summed E-state index contributed by atoms with van der Waals surface area (Å²) in [5.74, 6) is 0. The van der Waals surface area contributed by atoms with Gasteiger partial charge in [-0.2, -0.15) is 0 Å². The Morgan fingerprint density at radius 2 is 2.08 bits per heavy atom. The summed E-state index contributed by atoms with van der Waals surface area (Å²) in [4.78, 5) is 30.5. The standard InChI is InChI=1S/C15H21BrN4O4/c1-10-9-18(5-6-19(10)14(21)24-15(2,3)4)13-11(16)7-17-8-12(13)20(22)23/h7-8,10H,5-6,9H2,1-4H3/t10-/m1/s1. The number of rotatable bonds is 2. The van der Waals surface area contributed by atoms with Gasteiger partial charge in [0, 0.05) is 31.9 Å². The minimum absolute atomic E-state index is 0.0534. The van der Waals surface area contributed by atoms with Gasteiger partial charge in [0.25, 0.3) is 0 Å². The van der Waals surface area contributed by atoms with E-state index in [1.165, 1.54) is 12.4 Å². The van der Waals surface area contributed by atoms with Crippen LogP contribution in [-0.2, 0) is 4.74 Å². The Kier molecular flexibility index (Phi) is 5.32. The molecule has 1 amide bonds. The van der Waals surface area contributed by atoms with Gasteiger partial charge in [0.2, 0.25) is 0 Å². The topological polar surface area (TPSA) is 88.8 Å². The van der Waals surface area contributed by atoms with E-state index in [-0.39, 0.29) is 17.8 Å². The molecule has 1 aromatic heterocycles. The third-order valence-corrected chi connectivity index (χ3v) is 4.20. The molecule has 1 fully saturated rings. The summed E-state index contributed by atoms with van der Waals surface area (Å²) in [5.41, 5.74) is -0.117. The van der Waals surface area contributed by atoms with Gasteiger partial charge < -0.3 is 14.5 Å². The number of anilines is 1. The van der Waals surface area contributed by atoms with Crippen LogP contribution in [0.5, 0.6) is 0 Å². The normalized spacial score (nSPS) is 18.5. The Hall–Kier alpha value is -1.90. The summed E-state index contributed by atoms with van der Waals surface area (Å²) >= 11 is 3.34. The molecule has 1 atom stereocenters. The molecule has 8 nitrogen and oxygen atoms in total. The number of hydrogen-bond donors (Lipinski definition) is 0. The zero-order chi connectivity index (χ0) is 18.1. The Balaban J connectivity index is 2.17. The highest BCUT2D eigenvalue weighted by Gasteiger charge is 2.33. The molecule has 1 aliphatic rings. The molecule has 1 aromatic rings. The number of hydrogen-bond acceptors (Lipinski definition) is 6. The van der Waals surface area contributed by atoms with Gasteiger partial charge in [0.15, 0.2) is 0 Å². The summed E-state index contributed by atoms with van der Waals surface area (Å²) in [5, 5.41) is 11.3. The molecule has 0 spiro atoms. The van der Waals surface area contributed by atoms with Crippen molar-refractivity contribution in [1.29, 1.82) is 0 Å². The third-order valence-electron chi connectivity index (χ3n) is 3.62. The zero-order valence-corrected chi connectivity index (χ0v) is 15.7. The maximum Gasteiger partial charge on any atom is 0.410 e. The van der Waals surface area contributed by atoms with Crippen LogP contribution in [0.15, 0.2) is 16.9 Å². The van der Waals surface area contributed by atoms with Crippen LogP contribution in [0.2, 0.25) is 0 Å². The Labute approximate surface area is 149 Å². The van der Waals surface area contributed by atoms with Crippen LogP contribution in [0.1, 0.15) is 27.7 Å². The number of aromatic nitrogens is 1. The van der Waals surface area contributed by atoms with Gasteiger partial charge in [-0.25, -0.2) is 4.79 Å². The lowest BCUT2D eigenvalue weighted by molar-refractivity contribution is -0.384. The first-order valence-corrected chi connectivity index (χ1v) is 8.42. The maximum absolute atomic E-state index is 12.3. The summed E-state index contributed by atoms with van der Waals surface area (Å²) in [6, 6.07) is -0.131. The van der Waals surface area contributed by atoms with Crippen molar-refractivity contribution in [3.63, 3.8) is 0 Å². The van der Waals surface area contributed by atoms with Crippen molar-refractivity contribution < 1.29 is 14.5 Å². The number of piperazine rings is 1. The molecule has 0 N–H and O–H groups in total. The van der Waals surface area contributed by atoms with E-state index in [1.807, 2.05) is 32.6 Å². The number of amides is 1. The van der Waals surface area contributed by atoms with Crippen LogP contribution in [-0.4, -0.2) is 52.2 Å². The van der Waals surface area contributed by atoms with Crippen molar-refractivity contribution >= 4 is 33.4 Å². The molecule has 0 bridgehead atoms. The lowest BCUT2D eigenvalue weighted by atomic mass is 10.1. The maximum atomic E-state index is 12.3.